The van der Waals surface area contributed by atoms with Gasteiger partial charge in [-0.25, -0.2) is 4.39 Å². The minimum Gasteiger partial charge on any atom is -0.508 e. The van der Waals surface area contributed by atoms with Gasteiger partial charge in [-0.1, -0.05) is 26.0 Å². The van der Waals surface area contributed by atoms with Gasteiger partial charge >= 0.3 is 0 Å². The van der Waals surface area contributed by atoms with E-state index >= 15 is 0 Å². The summed E-state index contributed by atoms with van der Waals surface area (Å²) in [5, 5.41) is 9.32. The lowest BCUT2D eigenvalue weighted by molar-refractivity contribution is -0.0399. The van der Waals surface area contributed by atoms with Crippen molar-refractivity contribution in [2.24, 2.45) is 0 Å². The molecule has 6 heteroatoms. The highest BCUT2D eigenvalue weighted by Gasteiger charge is 2.48. The number of hydrogen-bond donors (Lipinski definition) is 1. The summed E-state index contributed by atoms with van der Waals surface area (Å²) in [6, 6.07) is 11.1. The lowest BCUT2D eigenvalue weighted by Gasteiger charge is -2.56. The summed E-state index contributed by atoms with van der Waals surface area (Å²) < 4.78 is 14.0. The van der Waals surface area contributed by atoms with Gasteiger partial charge in [0.05, 0.1) is 17.6 Å². The van der Waals surface area contributed by atoms with Crippen LogP contribution in [0, 0.1) is 5.82 Å². The first-order chi connectivity index (χ1) is 13.3. The summed E-state index contributed by atoms with van der Waals surface area (Å²) >= 11 is 0. The van der Waals surface area contributed by atoms with Gasteiger partial charge in [-0.2, -0.15) is 0 Å². The Morgan fingerprint density at radius 2 is 1.68 bits per heavy atom. The topological polar surface area (TPSA) is 60.9 Å². The van der Waals surface area contributed by atoms with Crippen molar-refractivity contribution in [1.29, 1.82) is 0 Å². The number of hydrogen-bond acceptors (Lipinski definition) is 3. The zero-order valence-corrected chi connectivity index (χ0v) is 15.9. The van der Waals surface area contributed by atoms with Crippen LogP contribution in [0.1, 0.15) is 52.5 Å². The molecule has 146 valence electrons. The van der Waals surface area contributed by atoms with Gasteiger partial charge in [0, 0.05) is 24.7 Å². The molecule has 0 radical (unpaired) electrons. The van der Waals surface area contributed by atoms with Crippen LogP contribution in [-0.4, -0.2) is 51.9 Å². The molecule has 2 aromatic rings. The maximum absolute atomic E-state index is 14.0. The maximum atomic E-state index is 14.0. The first-order valence-electron chi connectivity index (χ1n) is 9.55. The minimum atomic E-state index is -0.734. The van der Waals surface area contributed by atoms with Gasteiger partial charge in [-0.15, -0.1) is 0 Å². The van der Waals surface area contributed by atoms with Crippen LogP contribution in [0.4, 0.5) is 4.39 Å². The number of rotatable bonds is 3. The number of halogens is 1. The van der Waals surface area contributed by atoms with Crippen molar-refractivity contribution in [3.05, 3.63) is 65.0 Å². The Morgan fingerprint density at radius 3 is 2.25 bits per heavy atom. The molecule has 0 aliphatic carbocycles. The van der Waals surface area contributed by atoms with E-state index < -0.39 is 11.7 Å². The van der Waals surface area contributed by atoms with Crippen molar-refractivity contribution in [2.45, 2.75) is 38.3 Å². The van der Waals surface area contributed by atoms with E-state index in [0.717, 1.165) is 12.5 Å². The number of aromatic hydroxyl groups is 1. The first kappa shape index (κ1) is 18.5. The third-order valence-electron chi connectivity index (χ3n) is 5.72. The summed E-state index contributed by atoms with van der Waals surface area (Å²) in [4.78, 5) is 29.0. The van der Waals surface area contributed by atoms with Crippen LogP contribution in [-0.2, 0) is 0 Å². The number of carbonyl (C=O) groups excluding carboxylic acids is 2. The average Bonchev–Trinajstić information content (AvgIpc) is 2.67. The van der Waals surface area contributed by atoms with Crippen molar-refractivity contribution in [3.8, 4) is 5.75 Å². The molecular formula is C22H23FN2O3. The van der Waals surface area contributed by atoms with Crippen molar-refractivity contribution in [3.63, 3.8) is 0 Å². The SMILES string of the molecule is CC(C)c1ccc(C(=O)N2C3CC2CN(C(=O)c2ccc(O)cc2F)C3)cc1. The molecule has 2 unspecified atom stereocenters. The van der Waals surface area contributed by atoms with Gasteiger partial charge in [-0.3, -0.25) is 9.59 Å². The number of benzene rings is 2. The molecular weight excluding hydrogens is 359 g/mol. The summed E-state index contributed by atoms with van der Waals surface area (Å²) in [7, 11) is 0. The zero-order chi connectivity index (χ0) is 20.0. The fourth-order valence-corrected chi connectivity index (χ4v) is 4.11. The highest BCUT2D eigenvalue weighted by Crippen LogP contribution is 2.34. The van der Waals surface area contributed by atoms with Crippen LogP contribution in [0.15, 0.2) is 42.5 Å². The second kappa shape index (κ2) is 6.93. The Balaban J connectivity index is 1.45. The van der Waals surface area contributed by atoms with Crippen LogP contribution in [0.3, 0.4) is 0 Å². The highest BCUT2D eigenvalue weighted by atomic mass is 19.1. The second-order valence-corrected chi connectivity index (χ2v) is 7.91. The van der Waals surface area contributed by atoms with Gasteiger partial charge < -0.3 is 14.9 Å². The molecule has 3 saturated heterocycles. The molecule has 3 heterocycles. The predicted octanol–water partition coefficient (Wildman–Crippen LogP) is 3.39. The third kappa shape index (κ3) is 3.13. The van der Waals surface area contributed by atoms with E-state index in [0.29, 0.717) is 24.6 Å². The average molecular weight is 382 g/mol. The molecule has 2 atom stereocenters. The second-order valence-electron chi connectivity index (χ2n) is 7.91. The van der Waals surface area contributed by atoms with E-state index in [9.17, 15) is 19.1 Å². The van der Waals surface area contributed by atoms with E-state index in [4.69, 9.17) is 0 Å². The summed E-state index contributed by atoms with van der Waals surface area (Å²) in [5.41, 5.74) is 1.79. The largest absolute Gasteiger partial charge is 0.508 e. The fraction of sp³-hybridized carbons (Fsp3) is 0.364. The predicted molar refractivity (Wildman–Crippen MR) is 103 cm³/mol. The molecule has 5 rings (SSSR count). The van der Waals surface area contributed by atoms with Crippen LogP contribution in [0.5, 0.6) is 5.75 Å². The molecule has 3 aliphatic rings. The molecule has 3 aliphatic heterocycles. The fourth-order valence-electron chi connectivity index (χ4n) is 4.11. The van der Waals surface area contributed by atoms with Crippen molar-refractivity contribution in [2.75, 3.05) is 13.1 Å². The number of carbonyl (C=O) groups is 2. The van der Waals surface area contributed by atoms with E-state index in [1.807, 2.05) is 29.2 Å². The van der Waals surface area contributed by atoms with E-state index in [-0.39, 0.29) is 29.3 Å². The van der Waals surface area contributed by atoms with E-state index in [1.54, 1.807) is 4.90 Å². The molecule has 1 N–H and O–H groups in total. The molecule has 28 heavy (non-hydrogen) atoms. The number of piperazine rings is 1. The Hall–Kier alpha value is -2.89. The lowest BCUT2D eigenvalue weighted by Crippen LogP contribution is -2.70. The van der Waals surface area contributed by atoms with Crippen LogP contribution in [0.25, 0.3) is 0 Å². The molecule has 0 saturated carbocycles. The Bertz CT molecular complexity index is 914. The van der Waals surface area contributed by atoms with Gasteiger partial charge in [0.15, 0.2) is 0 Å². The summed E-state index contributed by atoms with van der Waals surface area (Å²) in [6.45, 7) is 5.01. The lowest BCUT2D eigenvalue weighted by atomic mass is 9.86. The smallest absolute Gasteiger partial charge is 0.256 e. The van der Waals surface area contributed by atoms with Crippen LogP contribution >= 0.6 is 0 Å². The van der Waals surface area contributed by atoms with Crippen LogP contribution < -0.4 is 0 Å². The molecule has 0 aromatic heterocycles. The molecule has 5 nitrogen and oxygen atoms in total. The Labute approximate surface area is 163 Å². The Kier molecular flexibility index (Phi) is 4.57. The third-order valence-corrected chi connectivity index (χ3v) is 5.72. The normalized spacial score (nSPS) is 20.9. The molecule has 2 bridgehead atoms. The number of phenolic OH excluding ortho intramolecular Hbond substituents is 1. The van der Waals surface area contributed by atoms with Gasteiger partial charge in [0.25, 0.3) is 11.8 Å². The number of piperidine rings is 1. The van der Waals surface area contributed by atoms with Gasteiger partial charge in [-0.05, 0) is 42.2 Å². The highest BCUT2D eigenvalue weighted by molar-refractivity contribution is 5.97. The number of nitrogens with zero attached hydrogens (tertiary/aromatic N) is 2. The van der Waals surface area contributed by atoms with Crippen molar-refractivity contribution >= 4 is 11.8 Å². The van der Waals surface area contributed by atoms with Gasteiger partial charge in [0.2, 0.25) is 0 Å². The molecule has 3 fully saturated rings. The van der Waals surface area contributed by atoms with Gasteiger partial charge in [0.1, 0.15) is 11.6 Å². The quantitative estimate of drug-likeness (QED) is 0.885. The number of fused-ring (bicyclic) bond motifs is 2. The van der Waals surface area contributed by atoms with Crippen molar-refractivity contribution in [1.82, 2.24) is 9.80 Å². The molecule has 0 spiro atoms. The minimum absolute atomic E-state index is 0.0144. The molecule has 2 amide bonds. The standard InChI is InChI=1S/C22H23FN2O3/c1-13(2)14-3-5-15(6-4-14)21(27)25-16-9-17(25)12-24(11-16)22(28)19-8-7-18(26)10-20(19)23/h3-8,10,13,16-17,26H,9,11-12H2,1-2H3. The number of phenols is 1. The zero-order valence-electron chi connectivity index (χ0n) is 15.9. The number of amides is 2. The maximum Gasteiger partial charge on any atom is 0.256 e. The monoisotopic (exact) mass is 382 g/mol. The van der Waals surface area contributed by atoms with Crippen LogP contribution in [0.2, 0.25) is 0 Å². The van der Waals surface area contributed by atoms with E-state index in [1.165, 1.54) is 17.7 Å². The summed E-state index contributed by atoms with van der Waals surface area (Å²) in [5.74, 6) is -0.953. The van der Waals surface area contributed by atoms with Crippen molar-refractivity contribution < 1.29 is 19.1 Å². The summed E-state index contributed by atoms with van der Waals surface area (Å²) in [6.07, 6.45) is 0.859. The van der Waals surface area contributed by atoms with E-state index in [2.05, 4.69) is 13.8 Å². The molecule has 2 aromatic carbocycles. The Morgan fingerprint density at radius 1 is 1.04 bits per heavy atom. The first-order valence-corrected chi connectivity index (χ1v) is 9.55.